The van der Waals surface area contributed by atoms with E-state index >= 15 is 0 Å². The molecular weight excluding hydrogens is 470 g/mol. The van der Waals surface area contributed by atoms with Crippen molar-refractivity contribution in [2.24, 2.45) is 0 Å². The molecule has 0 saturated carbocycles. The van der Waals surface area contributed by atoms with Gasteiger partial charge in [0.15, 0.2) is 0 Å². The van der Waals surface area contributed by atoms with Crippen LogP contribution in [0.2, 0.25) is 0 Å². The van der Waals surface area contributed by atoms with Crippen molar-refractivity contribution in [2.75, 3.05) is 49.3 Å². The Labute approximate surface area is 205 Å². The third-order valence-corrected chi connectivity index (χ3v) is 7.92. The first kappa shape index (κ1) is 25.0. The largest absolute Gasteiger partial charge is 0.496 e. The van der Waals surface area contributed by atoms with Crippen molar-refractivity contribution in [2.45, 2.75) is 31.1 Å². The van der Waals surface area contributed by atoms with E-state index in [0.717, 1.165) is 36.0 Å². The standard InChI is InChI=1S/C25H31N3O6S/c1-33-22-8-4-3-7-20(22)25(11-14-34-15-12-25)17-26-23(29)24(30)27-19-10-9-18-6-5-13-28(21(18)16-19)35(2,31)32/h3-4,7-10,16H,5-6,11-15,17H2,1-2H3,(H,26,29)(H,27,30). The number of rotatable bonds is 6. The Morgan fingerprint density at radius 3 is 2.57 bits per heavy atom. The average Bonchev–Trinajstić information content (AvgIpc) is 2.86. The monoisotopic (exact) mass is 501 g/mol. The van der Waals surface area contributed by atoms with Crippen LogP contribution in [0.4, 0.5) is 11.4 Å². The van der Waals surface area contributed by atoms with Crippen LogP contribution in [0.25, 0.3) is 0 Å². The second-order valence-corrected chi connectivity index (χ2v) is 10.9. The fourth-order valence-electron chi connectivity index (χ4n) is 4.87. The maximum atomic E-state index is 12.7. The maximum absolute atomic E-state index is 12.7. The maximum Gasteiger partial charge on any atom is 0.313 e. The Hall–Kier alpha value is -3.11. The topological polar surface area (TPSA) is 114 Å². The molecule has 2 aromatic carbocycles. The fraction of sp³-hybridized carbons (Fsp3) is 0.440. The van der Waals surface area contributed by atoms with E-state index in [9.17, 15) is 18.0 Å². The Morgan fingerprint density at radius 1 is 1.11 bits per heavy atom. The molecule has 0 bridgehead atoms. The van der Waals surface area contributed by atoms with Gasteiger partial charge in [0.25, 0.3) is 0 Å². The lowest BCUT2D eigenvalue weighted by atomic mass is 9.73. The van der Waals surface area contributed by atoms with Gasteiger partial charge in [-0.1, -0.05) is 24.3 Å². The Morgan fingerprint density at radius 2 is 1.86 bits per heavy atom. The molecule has 0 spiro atoms. The molecule has 2 aliphatic heterocycles. The van der Waals surface area contributed by atoms with Crippen molar-refractivity contribution >= 4 is 33.2 Å². The number of hydrogen-bond acceptors (Lipinski definition) is 6. The summed E-state index contributed by atoms with van der Waals surface area (Å²) in [5.74, 6) is -0.838. The number of nitrogens with one attached hydrogen (secondary N) is 2. The van der Waals surface area contributed by atoms with Crippen molar-refractivity contribution in [3.8, 4) is 5.75 Å². The minimum Gasteiger partial charge on any atom is -0.496 e. The van der Waals surface area contributed by atoms with Gasteiger partial charge in [-0.25, -0.2) is 8.42 Å². The molecule has 2 aromatic rings. The van der Waals surface area contributed by atoms with Gasteiger partial charge in [-0.05, 0) is 49.4 Å². The van der Waals surface area contributed by atoms with E-state index in [2.05, 4.69) is 10.6 Å². The highest BCUT2D eigenvalue weighted by Crippen LogP contribution is 2.39. The van der Waals surface area contributed by atoms with E-state index in [1.165, 1.54) is 4.31 Å². The van der Waals surface area contributed by atoms with Gasteiger partial charge in [0.1, 0.15) is 5.75 Å². The first-order valence-electron chi connectivity index (χ1n) is 11.6. The number of carbonyl (C=O) groups is 2. The van der Waals surface area contributed by atoms with Gasteiger partial charge in [0.2, 0.25) is 10.0 Å². The molecular formula is C25H31N3O6S. The van der Waals surface area contributed by atoms with Crippen LogP contribution in [0, 0.1) is 0 Å². The molecule has 2 amide bonds. The van der Waals surface area contributed by atoms with Crippen LogP contribution in [0.15, 0.2) is 42.5 Å². The van der Waals surface area contributed by atoms with E-state index in [4.69, 9.17) is 9.47 Å². The number of aryl methyl sites for hydroxylation is 1. The zero-order chi connectivity index (χ0) is 25.1. The van der Waals surface area contributed by atoms with Crippen LogP contribution in [-0.2, 0) is 36.2 Å². The zero-order valence-corrected chi connectivity index (χ0v) is 20.8. The SMILES string of the molecule is COc1ccccc1C1(CNC(=O)C(=O)Nc2ccc3c(c2)N(S(C)(=O)=O)CCC3)CCOCC1. The lowest BCUT2D eigenvalue weighted by Crippen LogP contribution is -2.47. The smallest absolute Gasteiger partial charge is 0.313 e. The average molecular weight is 502 g/mol. The molecule has 0 radical (unpaired) electrons. The second-order valence-electron chi connectivity index (χ2n) is 9.01. The molecule has 0 unspecified atom stereocenters. The molecule has 188 valence electrons. The number of carbonyl (C=O) groups excluding carboxylic acids is 2. The van der Waals surface area contributed by atoms with Crippen LogP contribution < -0.4 is 19.7 Å². The number of nitrogens with zero attached hydrogens (tertiary/aromatic N) is 1. The molecule has 10 heteroatoms. The van der Waals surface area contributed by atoms with Crippen LogP contribution in [0.5, 0.6) is 5.75 Å². The number of sulfonamides is 1. The van der Waals surface area contributed by atoms with Crippen molar-refractivity contribution < 1.29 is 27.5 Å². The molecule has 0 atom stereocenters. The van der Waals surface area contributed by atoms with E-state index < -0.39 is 27.3 Å². The van der Waals surface area contributed by atoms with Crippen LogP contribution in [-0.4, -0.2) is 59.9 Å². The molecule has 1 fully saturated rings. The van der Waals surface area contributed by atoms with Crippen molar-refractivity contribution in [3.05, 3.63) is 53.6 Å². The highest BCUT2D eigenvalue weighted by molar-refractivity contribution is 7.92. The van der Waals surface area contributed by atoms with E-state index in [1.807, 2.05) is 24.3 Å². The summed E-state index contributed by atoms with van der Waals surface area (Å²) in [4.78, 5) is 25.4. The number of fused-ring (bicyclic) bond motifs is 1. The minimum atomic E-state index is -3.44. The lowest BCUT2D eigenvalue weighted by molar-refractivity contribution is -0.136. The normalized spacial score (nSPS) is 17.3. The third-order valence-electron chi connectivity index (χ3n) is 6.74. The summed E-state index contributed by atoms with van der Waals surface area (Å²) < 4.78 is 36.8. The fourth-order valence-corrected chi connectivity index (χ4v) is 5.86. The Kier molecular flexibility index (Phi) is 7.32. The molecule has 4 rings (SSSR count). The first-order valence-corrected chi connectivity index (χ1v) is 13.5. The molecule has 2 heterocycles. The highest BCUT2D eigenvalue weighted by Gasteiger charge is 2.37. The number of anilines is 2. The summed E-state index contributed by atoms with van der Waals surface area (Å²) in [5.41, 5.74) is 2.35. The molecule has 1 saturated heterocycles. The van der Waals surface area contributed by atoms with Gasteiger partial charge >= 0.3 is 11.8 Å². The number of hydrogen-bond donors (Lipinski definition) is 2. The van der Waals surface area contributed by atoms with E-state index in [-0.39, 0.29) is 6.54 Å². The minimum absolute atomic E-state index is 0.259. The van der Waals surface area contributed by atoms with Crippen molar-refractivity contribution in [1.29, 1.82) is 0 Å². The molecule has 0 aromatic heterocycles. The molecule has 2 aliphatic rings. The van der Waals surface area contributed by atoms with Gasteiger partial charge in [0, 0.05) is 43.0 Å². The summed E-state index contributed by atoms with van der Waals surface area (Å²) >= 11 is 0. The summed E-state index contributed by atoms with van der Waals surface area (Å²) in [6, 6.07) is 12.8. The summed E-state index contributed by atoms with van der Waals surface area (Å²) in [6.07, 6.45) is 4.01. The van der Waals surface area contributed by atoms with Gasteiger partial charge in [-0.3, -0.25) is 13.9 Å². The number of benzene rings is 2. The number of methoxy groups -OCH3 is 1. The van der Waals surface area contributed by atoms with Crippen LogP contribution in [0.3, 0.4) is 0 Å². The quantitative estimate of drug-likeness (QED) is 0.587. The molecule has 35 heavy (non-hydrogen) atoms. The predicted molar refractivity (Wildman–Crippen MR) is 133 cm³/mol. The second kappa shape index (κ2) is 10.2. The summed E-state index contributed by atoms with van der Waals surface area (Å²) in [6.45, 7) is 1.74. The predicted octanol–water partition coefficient (Wildman–Crippen LogP) is 2.21. The van der Waals surface area contributed by atoms with Gasteiger partial charge in [0.05, 0.1) is 19.1 Å². The molecule has 9 nitrogen and oxygen atoms in total. The third kappa shape index (κ3) is 5.43. The van der Waals surface area contributed by atoms with E-state index in [0.29, 0.717) is 44.0 Å². The number of amides is 2. The van der Waals surface area contributed by atoms with Crippen LogP contribution >= 0.6 is 0 Å². The lowest BCUT2D eigenvalue weighted by Gasteiger charge is -2.38. The Bertz CT molecular complexity index is 1210. The zero-order valence-electron chi connectivity index (χ0n) is 20.0. The van der Waals surface area contributed by atoms with Crippen molar-refractivity contribution in [3.63, 3.8) is 0 Å². The number of ether oxygens (including phenoxy) is 2. The first-order chi connectivity index (χ1) is 16.7. The highest BCUT2D eigenvalue weighted by atomic mass is 32.2. The van der Waals surface area contributed by atoms with Crippen molar-refractivity contribution in [1.82, 2.24) is 5.32 Å². The van der Waals surface area contributed by atoms with E-state index in [1.54, 1.807) is 25.3 Å². The summed E-state index contributed by atoms with van der Waals surface area (Å²) in [7, 11) is -1.83. The molecule has 2 N–H and O–H groups in total. The van der Waals surface area contributed by atoms with Crippen LogP contribution in [0.1, 0.15) is 30.4 Å². The van der Waals surface area contributed by atoms with Gasteiger partial charge < -0.3 is 20.1 Å². The Balaban J connectivity index is 1.47. The van der Waals surface area contributed by atoms with Gasteiger partial charge in [-0.15, -0.1) is 0 Å². The van der Waals surface area contributed by atoms with Gasteiger partial charge in [-0.2, -0.15) is 0 Å². The molecule has 0 aliphatic carbocycles. The summed E-state index contributed by atoms with van der Waals surface area (Å²) in [5, 5.41) is 5.39. The number of para-hydroxylation sites is 1.